The molecule has 0 aromatic rings. The summed E-state index contributed by atoms with van der Waals surface area (Å²) < 4.78 is 70.3. The first-order valence-electron chi connectivity index (χ1n) is 20.1. The molecule has 0 saturated carbocycles. The minimum Gasteiger partial charge on any atom is -0.394 e. The first kappa shape index (κ1) is 52.5. The quantitative estimate of drug-likeness (QED) is 0.0779. The van der Waals surface area contributed by atoms with Gasteiger partial charge in [-0.1, -0.05) is 13.3 Å². The SMILES string of the molecule is CCCCOC(C)COC(C)COC(C)COC(C)COC(C)COC(C)COC(C)COC(C)COC(C)COC(C)COC(C)COC(C)CO. The van der Waals surface area contributed by atoms with Gasteiger partial charge in [-0.25, -0.2) is 0 Å². The second kappa shape index (κ2) is 33.6. The maximum atomic E-state index is 9.05. The summed E-state index contributed by atoms with van der Waals surface area (Å²) in [5.41, 5.74) is 0. The van der Waals surface area contributed by atoms with E-state index >= 15 is 0 Å². The standard InChI is InChI=1S/C40H82O13/c1-14-15-16-42-30(3)18-44-32(5)20-46-34(7)22-48-36(9)24-50-38(11)26-52-40(13)28-53-39(12)27-51-37(10)25-49-35(8)23-47-33(6)21-45-31(4)19-43-29(2)17-41/h29-41H,14-28H2,1-13H3. The Morgan fingerprint density at radius 3 is 0.623 bits per heavy atom. The van der Waals surface area contributed by atoms with E-state index in [1.165, 1.54) is 0 Å². The zero-order valence-corrected chi connectivity index (χ0v) is 35.9. The number of hydrogen-bond acceptors (Lipinski definition) is 13. The monoisotopic (exact) mass is 771 g/mol. The van der Waals surface area contributed by atoms with Crippen molar-refractivity contribution in [2.45, 2.75) is 176 Å². The van der Waals surface area contributed by atoms with Gasteiger partial charge in [0.2, 0.25) is 0 Å². The first-order chi connectivity index (χ1) is 25.1. The van der Waals surface area contributed by atoms with Crippen LogP contribution in [0.25, 0.3) is 0 Å². The summed E-state index contributed by atoms with van der Waals surface area (Å²) in [5.74, 6) is 0. The zero-order chi connectivity index (χ0) is 40.0. The summed E-state index contributed by atoms with van der Waals surface area (Å²) in [4.78, 5) is 0. The van der Waals surface area contributed by atoms with Crippen LogP contribution in [0.15, 0.2) is 0 Å². The molecule has 320 valence electrons. The van der Waals surface area contributed by atoms with Gasteiger partial charge >= 0.3 is 0 Å². The van der Waals surface area contributed by atoms with Gasteiger partial charge in [0, 0.05) is 6.61 Å². The number of unbranched alkanes of at least 4 members (excludes halogenated alkanes) is 1. The van der Waals surface area contributed by atoms with Gasteiger partial charge in [-0.05, 0) is 89.5 Å². The first-order valence-corrected chi connectivity index (χ1v) is 20.1. The van der Waals surface area contributed by atoms with Crippen LogP contribution >= 0.6 is 0 Å². The Kier molecular flexibility index (Phi) is 33.3. The highest BCUT2D eigenvalue weighted by Gasteiger charge is 2.16. The van der Waals surface area contributed by atoms with Gasteiger partial charge < -0.3 is 61.9 Å². The summed E-state index contributed by atoms with van der Waals surface area (Å²) in [6.07, 6.45) is 1.39. The van der Waals surface area contributed by atoms with Gasteiger partial charge in [-0.3, -0.25) is 0 Å². The van der Waals surface area contributed by atoms with Crippen molar-refractivity contribution in [1.29, 1.82) is 0 Å². The van der Waals surface area contributed by atoms with E-state index in [2.05, 4.69) is 6.92 Å². The highest BCUT2D eigenvalue weighted by Crippen LogP contribution is 2.07. The molecule has 0 aliphatic heterocycles. The molecule has 13 nitrogen and oxygen atoms in total. The normalized spacial score (nSPS) is 19.1. The smallest absolute Gasteiger partial charge is 0.0781 e. The van der Waals surface area contributed by atoms with Crippen molar-refractivity contribution in [2.75, 3.05) is 85.9 Å². The topological polar surface area (TPSA) is 131 Å². The van der Waals surface area contributed by atoms with Crippen molar-refractivity contribution in [2.24, 2.45) is 0 Å². The van der Waals surface area contributed by atoms with E-state index < -0.39 is 0 Å². The average molecular weight is 771 g/mol. The van der Waals surface area contributed by atoms with Crippen molar-refractivity contribution in [3.63, 3.8) is 0 Å². The lowest BCUT2D eigenvalue weighted by Gasteiger charge is -2.23. The lowest BCUT2D eigenvalue weighted by Crippen LogP contribution is -2.31. The van der Waals surface area contributed by atoms with Crippen LogP contribution < -0.4 is 0 Å². The molecule has 0 bridgehead atoms. The van der Waals surface area contributed by atoms with Crippen LogP contribution in [0, 0.1) is 0 Å². The Hall–Kier alpha value is -0.520. The van der Waals surface area contributed by atoms with E-state index in [0.717, 1.165) is 19.4 Å². The Balaban J connectivity index is 3.94. The summed E-state index contributed by atoms with van der Waals surface area (Å²) >= 11 is 0. The summed E-state index contributed by atoms with van der Waals surface area (Å²) in [5, 5.41) is 9.05. The summed E-state index contributed by atoms with van der Waals surface area (Å²) in [6.45, 7) is 31.8. The molecule has 0 radical (unpaired) electrons. The Morgan fingerprint density at radius 2 is 0.453 bits per heavy atom. The average Bonchev–Trinajstić information content (AvgIpc) is 3.14. The number of rotatable bonds is 38. The summed E-state index contributed by atoms with van der Waals surface area (Å²) in [6, 6.07) is 0. The fourth-order valence-electron chi connectivity index (χ4n) is 4.31. The fraction of sp³-hybridized carbons (Fsp3) is 1.00. The molecule has 0 amide bonds. The van der Waals surface area contributed by atoms with E-state index in [-0.39, 0.29) is 79.9 Å². The van der Waals surface area contributed by atoms with Gasteiger partial charge in [0.15, 0.2) is 0 Å². The van der Waals surface area contributed by atoms with Crippen LogP contribution in [0.1, 0.15) is 103 Å². The number of aliphatic hydroxyl groups is 1. The van der Waals surface area contributed by atoms with Crippen LogP contribution in [0.4, 0.5) is 0 Å². The molecule has 53 heavy (non-hydrogen) atoms. The van der Waals surface area contributed by atoms with Crippen LogP contribution in [-0.4, -0.2) is 164 Å². The van der Waals surface area contributed by atoms with Crippen molar-refractivity contribution < 1.29 is 61.9 Å². The van der Waals surface area contributed by atoms with Crippen LogP contribution in [0.2, 0.25) is 0 Å². The van der Waals surface area contributed by atoms with Gasteiger partial charge in [-0.15, -0.1) is 0 Å². The molecule has 1 N–H and O–H groups in total. The molecule has 0 aliphatic carbocycles. The molecule has 0 saturated heterocycles. The highest BCUT2D eigenvalue weighted by molar-refractivity contribution is 4.61. The predicted octanol–water partition coefficient (Wildman–Crippen LogP) is 5.64. The second-order valence-corrected chi connectivity index (χ2v) is 14.8. The third-order valence-corrected chi connectivity index (χ3v) is 7.93. The predicted molar refractivity (Wildman–Crippen MR) is 207 cm³/mol. The van der Waals surface area contributed by atoms with Crippen molar-refractivity contribution in [1.82, 2.24) is 0 Å². The Morgan fingerprint density at radius 1 is 0.283 bits per heavy atom. The van der Waals surface area contributed by atoms with Crippen molar-refractivity contribution in [3.8, 4) is 0 Å². The summed E-state index contributed by atoms with van der Waals surface area (Å²) in [7, 11) is 0. The zero-order valence-electron chi connectivity index (χ0n) is 35.9. The van der Waals surface area contributed by atoms with E-state index in [4.69, 9.17) is 61.9 Å². The van der Waals surface area contributed by atoms with Crippen LogP contribution in [0.3, 0.4) is 0 Å². The van der Waals surface area contributed by atoms with Gasteiger partial charge in [0.25, 0.3) is 0 Å². The highest BCUT2D eigenvalue weighted by atomic mass is 16.6. The maximum Gasteiger partial charge on any atom is 0.0781 e. The van der Waals surface area contributed by atoms with Crippen LogP contribution in [-0.2, 0) is 56.8 Å². The third-order valence-electron chi connectivity index (χ3n) is 7.93. The minimum atomic E-state index is -0.195. The fourth-order valence-corrected chi connectivity index (χ4v) is 4.31. The van der Waals surface area contributed by atoms with Crippen molar-refractivity contribution >= 4 is 0 Å². The number of hydrogen-bond donors (Lipinski definition) is 1. The molecule has 0 rings (SSSR count). The second-order valence-electron chi connectivity index (χ2n) is 14.8. The van der Waals surface area contributed by atoms with E-state index in [9.17, 15) is 0 Å². The number of ether oxygens (including phenoxy) is 12. The van der Waals surface area contributed by atoms with Gasteiger partial charge in [-0.2, -0.15) is 0 Å². The lowest BCUT2D eigenvalue weighted by molar-refractivity contribution is -0.114. The largest absolute Gasteiger partial charge is 0.394 e. The van der Waals surface area contributed by atoms with E-state index in [1.54, 1.807) is 0 Å². The molecule has 12 unspecified atom stereocenters. The molecule has 0 aromatic carbocycles. The lowest BCUT2D eigenvalue weighted by atomic mass is 10.3. The van der Waals surface area contributed by atoms with Gasteiger partial charge in [0.05, 0.1) is 153 Å². The molecule has 0 heterocycles. The molecule has 0 spiro atoms. The minimum absolute atomic E-state index is 0.00481. The number of aliphatic hydroxyl groups excluding tert-OH is 1. The van der Waals surface area contributed by atoms with Crippen LogP contribution in [0.5, 0.6) is 0 Å². The maximum absolute atomic E-state index is 9.05. The van der Waals surface area contributed by atoms with Gasteiger partial charge in [0.1, 0.15) is 0 Å². The Bertz CT molecular complexity index is 796. The third kappa shape index (κ3) is 33.3. The van der Waals surface area contributed by atoms with Crippen molar-refractivity contribution in [3.05, 3.63) is 0 Å². The molecule has 13 heteroatoms. The molecule has 0 fully saturated rings. The molecule has 12 atom stereocenters. The molecule has 0 aliphatic rings. The molecule has 0 aromatic heterocycles. The molecular weight excluding hydrogens is 688 g/mol. The van der Waals surface area contributed by atoms with E-state index in [1.807, 2.05) is 83.1 Å². The van der Waals surface area contributed by atoms with E-state index in [0.29, 0.717) is 72.7 Å². The Labute approximate surface area is 323 Å². The molecular formula is C40H82O13.